The van der Waals surface area contributed by atoms with Crippen molar-refractivity contribution in [3.05, 3.63) is 94.5 Å². The zero-order valence-electron chi connectivity index (χ0n) is 14.7. The Hall–Kier alpha value is -1.72. The molecule has 3 aromatic rings. The monoisotopic (exact) mass is 399 g/mol. The van der Waals surface area contributed by atoms with Crippen molar-refractivity contribution in [2.75, 3.05) is 0 Å². The summed E-state index contributed by atoms with van der Waals surface area (Å²) in [4.78, 5) is 0. The Kier molecular flexibility index (Phi) is 3.68. The van der Waals surface area contributed by atoms with Gasteiger partial charge in [0, 0.05) is 0 Å². The molecule has 0 radical (unpaired) electrons. The average Bonchev–Trinajstić information content (AvgIpc) is 3.20. The van der Waals surface area contributed by atoms with E-state index in [4.69, 9.17) is 0 Å². The Morgan fingerprint density at radius 2 is 1.48 bits per heavy atom. The van der Waals surface area contributed by atoms with Crippen LogP contribution < -0.4 is 0 Å². The van der Waals surface area contributed by atoms with E-state index in [1.54, 1.807) is 11.1 Å². The fraction of sp³-hybridized carbons (Fsp3) is 0.167. The predicted molar refractivity (Wildman–Crippen MR) is 103 cm³/mol. The van der Waals surface area contributed by atoms with Crippen LogP contribution in [0.25, 0.3) is 22.8 Å². The van der Waals surface area contributed by atoms with E-state index >= 15 is 0 Å². The number of hydrogen-bond acceptors (Lipinski definition) is 0. The molecule has 2 aliphatic carbocycles. The maximum atomic E-state index is 2.54. The second kappa shape index (κ2) is 5.92. The summed E-state index contributed by atoms with van der Waals surface area (Å²) in [6.45, 7) is 0. The molecule has 5 rings (SSSR count). The third-order valence-electron chi connectivity index (χ3n) is 5.67. The first-order valence-corrected chi connectivity index (χ1v) is 15.4. The molecular formula is C24H21Zr. The summed E-state index contributed by atoms with van der Waals surface area (Å²) in [6, 6.07) is 24.9. The first-order valence-electron chi connectivity index (χ1n) is 9.05. The zero-order valence-corrected chi connectivity index (χ0v) is 17.2. The maximum absolute atomic E-state index is 2.54. The first-order chi connectivity index (χ1) is 12.2. The van der Waals surface area contributed by atoms with Crippen LogP contribution in [0.4, 0.5) is 0 Å². The van der Waals surface area contributed by atoms with Gasteiger partial charge in [-0.15, -0.1) is 0 Å². The molecule has 1 unspecified atom stereocenters. The molecule has 0 nitrogen and oxygen atoms in total. The average molecular weight is 401 g/mol. The van der Waals surface area contributed by atoms with Crippen LogP contribution in [0.15, 0.2) is 66.7 Å². The van der Waals surface area contributed by atoms with Crippen LogP contribution in [0.1, 0.15) is 31.4 Å². The molecule has 0 amide bonds. The van der Waals surface area contributed by atoms with Crippen molar-refractivity contribution < 1.29 is 21.8 Å². The first kappa shape index (κ1) is 15.5. The van der Waals surface area contributed by atoms with Crippen molar-refractivity contribution in [3.63, 3.8) is 0 Å². The van der Waals surface area contributed by atoms with Crippen molar-refractivity contribution in [1.29, 1.82) is 0 Å². The van der Waals surface area contributed by atoms with Crippen LogP contribution in [0, 0.1) is 0 Å². The van der Waals surface area contributed by atoms with Gasteiger partial charge in [-0.25, -0.2) is 0 Å². The SMILES string of the molecule is [CH3][Zr]([CH3])[CH]1C(c2cccc3c2Cc2ccccc2-3)=Cc2ccccc21. The van der Waals surface area contributed by atoms with Crippen molar-refractivity contribution >= 4 is 11.6 Å². The molecule has 121 valence electrons. The van der Waals surface area contributed by atoms with Crippen molar-refractivity contribution in [2.24, 2.45) is 0 Å². The molecule has 3 aromatic carbocycles. The normalized spacial score (nSPS) is 16.9. The van der Waals surface area contributed by atoms with E-state index in [2.05, 4.69) is 82.1 Å². The van der Waals surface area contributed by atoms with E-state index < -0.39 is 21.8 Å². The molecule has 0 aliphatic heterocycles. The van der Waals surface area contributed by atoms with Crippen LogP contribution in [0.3, 0.4) is 0 Å². The molecular weight excluding hydrogens is 379 g/mol. The van der Waals surface area contributed by atoms with Crippen LogP contribution in [0.5, 0.6) is 0 Å². The number of rotatable bonds is 2. The molecule has 0 saturated heterocycles. The minimum absolute atomic E-state index is 0.689. The molecule has 0 bridgehead atoms. The summed E-state index contributed by atoms with van der Waals surface area (Å²) in [5.74, 6) is 0. The number of hydrogen-bond donors (Lipinski definition) is 0. The van der Waals surface area contributed by atoms with Gasteiger partial charge in [-0.1, -0.05) is 0 Å². The van der Waals surface area contributed by atoms with Gasteiger partial charge in [0.25, 0.3) is 0 Å². The number of benzene rings is 3. The van der Waals surface area contributed by atoms with E-state index in [0.717, 1.165) is 6.42 Å². The topological polar surface area (TPSA) is 0 Å². The quantitative estimate of drug-likeness (QED) is 0.357. The van der Waals surface area contributed by atoms with Crippen molar-refractivity contribution in [3.8, 4) is 11.1 Å². The van der Waals surface area contributed by atoms with Gasteiger partial charge in [0.1, 0.15) is 0 Å². The number of allylic oxidation sites excluding steroid dienone is 1. The third-order valence-corrected chi connectivity index (χ3v) is 10.0. The van der Waals surface area contributed by atoms with Gasteiger partial charge < -0.3 is 0 Å². The van der Waals surface area contributed by atoms with E-state index in [-0.39, 0.29) is 0 Å². The number of fused-ring (bicyclic) bond motifs is 4. The summed E-state index contributed by atoms with van der Waals surface area (Å²) in [6.07, 6.45) is 3.56. The second-order valence-corrected chi connectivity index (χ2v) is 14.1. The molecule has 0 fully saturated rings. The molecule has 1 atom stereocenters. The molecule has 25 heavy (non-hydrogen) atoms. The van der Waals surface area contributed by atoms with Gasteiger partial charge in [0.05, 0.1) is 0 Å². The van der Waals surface area contributed by atoms with E-state index in [9.17, 15) is 0 Å². The van der Waals surface area contributed by atoms with Gasteiger partial charge in [0.2, 0.25) is 0 Å². The predicted octanol–water partition coefficient (Wildman–Crippen LogP) is 6.57. The summed E-state index contributed by atoms with van der Waals surface area (Å²) in [7, 11) is 0. The summed E-state index contributed by atoms with van der Waals surface area (Å²) in [5, 5.41) is 0. The molecule has 0 aromatic heterocycles. The Morgan fingerprint density at radius 1 is 0.760 bits per heavy atom. The second-order valence-electron chi connectivity index (χ2n) is 7.40. The van der Waals surface area contributed by atoms with E-state index in [1.165, 1.54) is 33.4 Å². The van der Waals surface area contributed by atoms with Crippen LogP contribution in [0.2, 0.25) is 9.26 Å². The van der Waals surface area contributed by atoms with Gasteiger partial charge >= 0.3 is 158 Å². The van der Waals surface area contributed by atoms with Gasteiger partial charge in [-0.3, -0.25) is 0 Å². The fourth-order valence-electron chi connectivity index (χ4n) is 4.61. The molecule has 0 N–H and O–H groups in total. The van der Waals surface area contributed by atoms with Gasteiger partial charge in [0.15, 0.2) is 0 Å². The Balaban J connectivity index is 1.69. The summed E-state index contributed by atoms with van der Waals surface area (Å²) >= 11 is -1.46. The molecule has 0 heterocycles. The van der Waals surface area contributed by atoms with Crippen LogP contribution in [-0.4, -0.2) is 0 Å². The van der Waals surface area contributed by atoms with Gasteiger partial charge in [-0.2, -0.15) is 0 Å². The van der Waals surface area contributed by atoms with Crippen molar-refractivity contribution in [1.82, 2.24) is 0 Å². The third kappa shape index (κ3) is 2.36. The van der Waals surface area contributed by atoms with E-state index in [1.807, 2.05) is 0 Å². The standard InChI is InChI=1S/C22H15.2CH3.Zr/c1-2-7-16-13-18(12-15(16)6-1)20-10-5-11-21-19-9-4-3-8-17(19)14-22(20)21;;;/h1-13H,14H2;2*1H3;. The van der Waals surface area contributed by atoms with Gasteiger partial charge in [-0.05, 0) is 0 Å². The Labute approximate surface area is 157 Å². The molecule has 0 spiro atoms. The van der Waals surface area contributed by atoms with Crippen molar-refractivity contribution in [2.45, 2.75) is 19.3 Å². The Morgan fingerprint density at radius 3 is 2.36 bits per heavy atom. The van der Waals surface area contributed by atoms with Crippen LogP contribution >= 0.6 is 0 Å². The minimum atomic E-state index is -1.46. The Bertz CT molecular complexity index is 1010. The molecule has 1 heteroatoms. The summed E-state index contributed by atoms with van der Waals surface area (Å²) < 4.78 is 5.77. The van der Waals surface area contributed by atoms with E-state index in [0.29, 0.717) is 3.63 Å². The fourth-order valence-corrected chi connectivity index (χ4v) is 8.90. The van der Waals surface area contributed by atoms with Crippen LogP contribution in [-0.2, 0) is 28.2 Å². The molecule has 0 saturated carbocycles. The zero-order chi connectivity index (χ0) is 17.0. The summed E-state index contributed by atoms with van der Waals surface area (Å²) in [5.41, 5.74) is 12.0. The molecule has 2 aliphatic rings.